The molecule has 80 valence electrons. The van der Waals surface area contributed by atoms with Crippen molar-refractivity contribution in [3.63, 3.8) is 0 Å². The molecule has 0 saturated carbocycles. The van der Waals surface area contributed by atoms with Crippen molar-refractivity contribution in [2.75, 3.05) is 5.73 Å². The molecule has 0 aliphatic rings. The van der Waals surface area contributed by atoms with Crippen molar-refractivity contribution in [3.8, 4) is 0 Å². The van der Waals surface area contributed by atoms with Crippen molar-refractivity contribution in [1.82, 2.24) is 15.0 Å². The van der Waals surface area contributed by atoms with Crippen LogP contribution in [0.15, 0.2) is 16.8 Å². The zero-order valence-corrected chi connectivity index (χ0v) is 9.50. The summed E-state index contributed by atoms with van der Waals surface area (Å²) in [5.41, 5.74) is 8.08. The summed E-state index contributed by atoms with van der Waals surface area (Å²) >= 11 is 1.72. The van der Waals surface area contributed by atoms with Gasteiger partial charge in [0.1, 0.15) is 0 Å². The predicted molar refractivity (Wildman–Crippen MR) is 61.8 cm³/mol. The van der Waals surface area contributed by atoms with Crippen molar-refractivity contribution in [1.29, 1.82) is 0 Å². The number of anilines is 1. The van der Waals surface area contributed by atoms with Gasteiger partial charge in [-0.3, -0.25) is 0 Å². The molecule has 0 bridgehead atoms. The summed E-state index contributed by atoms with van der Waals surface area (Å²) in [7, 11) is 0. The Hall–Kier alpha value is -1.36. The Morgan fingerprint density at radius 1 is 1.53 bits per heavy atom. The van der Waals surface area contributed by atoms with E-state index in [1.165, 1.54) is 5.56 Å². The molecule has 0 aromatic carbocycles. The summed E-state index contributed by atoms with van der Waals surface area (Å²) in [6.07, 6.45) is 1.86. The third kappa shape index (κ3) is 2.18. The van der Waals surface area contributed by atoms with Crippen LogP contribution in [0.4, 0.5) is 5.82 Å². The lowest BCUT2D eigenvalue weighted by Crippen LogP contribution is -2.07. The average molecular weight is 222 g/mol. The minimum absolute atomic E-state index is 0.558. The summed E-state index contributed by atoms with van der Waals surface area (Å²) in [5.74, 6) is 0.558. The molecule has 2 aromatic rings. The first-order chi connectivity index (χ1) is 7.31. The molecule has 2 heterocycles. The van der Waals surface area contributed by atoms with E-state index in [0.29, 0.717) is 5.82 Å². The second-order valence-corrected chi connectivity index (χ2v) is 4.16. The van der Waals surface area contributed by atoms with Crippen molar-refractivity contribution < 1.29 is 0 Å². The van der Waals surface area contributed by atoms with Gasteiger partial charge < -0.3 is 5.73 Å². The van der Waals surface area contributed by atoms with Gasteiger partial charge in [-0.1, -0.05) is 12.1 Å². The molecule has 5 heteroatoms. The minimum Gasteiger partial charge on any atom is -0.381 e. The number of nitrogens with two attached hydrogens (primary N) is 1. The molecule has 0 unspecified atom stereocenters. The van der Waals surface area contributed by atoms with Crippen LogP contribution in [-0.4, -0.2) is 15.0 Å². The van der Waals surface area contributed by atoms with E-state index in [4.69, 9.17) is 5.73 Å². The Bertz CT molecular complexity index is 419. The number of aryl methyl sites for hydroxylation is 2. The third-order valence-corrected chi connectivity index (χ3v) is 3.13. The summed E-state index contributed by atoms with van der Waals surface area (Å²) < 4.78 is 1.90. The quantitative estimate of drug-likeness (QED) is 0.857. The number of rotatable bonds is 4. The number of aromatic nitrogens is 3. The highest BCUT2D eigenvalue weighted by molar-refractivity contribution is 7.07. The van der Waals surface area contributed by atoms with Gasteiger partial charge in [0.2, 0.25) is 0 Å². The Balaban J connectivity index is 2.05. The third-order valence-electron chi connectivity index (χ3n) is 2.39. The lowest BCUT2D eigenvalue weighted by Gasteiger charge is -2.03. The van der Waals surface area contributed by atoms with E-state index in [1.54, 1.807) is 11.3 Å². The highest BCUT2D eigenvalue weighted by atomic mass is 32.1. The largest absolute Gasteiger partial charge is 0.381 e. The first kappa shape index (κ1) is 10.2. The number of hydrogen-bond acceptors (Lipinski definition) is 4. The maximum atomic E-state index is 5.71. The van der Waals surface area contributed by atoms with Crippen LogP contribution < -0.4 is 5.73 Å². The number of hydrogen-bond donors (Lipinski definition) is 1. The van der Waals surface area contributed by atoms with Crippen LogP contribution in [0.25, 0.3) is 0 Å². The van der Waals surface area contributed by atoms with Gasteiger partial charge in [-0.05, 0) is 35.2 Å². The van der Waals surface area contributed by atoms with Crippen molar-refractivity contribution in [2.45, 2.75) is 26.3 Å². The first-order valence-corrected chi connectivity index (χ1v) is 5.94. The lowest BCUT2D eigenvalue weighted by molar-refractivity contribution is 0.567. The van der Waals surface area contributed by atoms with Crippen molar-refractivity contribution in [3.05, 3.63) is 28.1 Å². The van der Waals surface area contributed by atoms with Crippen LogP contribution in [0.5, 0.6) is 0 Å². The van der Waals surface area contributed by atoms with E-state index in [9.17, 15) is 0 Å². The molecular formula is C10H14N4S. The van der Waals surface area contributed by atoms with E-state index < -0.39 is 0 Å². The van der Waals surface area contributed by atoms with Crippen LogP contribution in [-0.2, 0) is 19.4 Å². The van der Waals surface area contributed by atoms with Gasteiger partial charge in [-0.15, -0.1) is 5.10 Å². The zero-order chi connectivity index (χ0) is 10.7. The van der Waals surface area contributed by atoms with Gasteiger partial charge >= 0.3 is 0 Å². The molecule has 0 aliphatic carbocycles. The molecule has 0 radical (unpaired) electrons. The molecular weight excluding hydrogens is 208 g/mol. The Labute approximate surface area is 92.7 Å². The normalized spacial score (nSPS) is 10.7. The highest BCUT2D eigenvalue weighted by Crippen LogP contribution is 2.11. The summed E-state index contributed by atoms with van der Waals surface area (Å²) in [6.45, 7) is 2.92. The molecule has 0 amide bonds. The van der Waals surface area contributed by atoms with Crippen LogP contribution in [0, 0.1) is 0 Å². The second-order valence-electron chi connectivity index (χ2n) is 3.38. The molecule has 0 spiro atoms. The van der Waals surface area contributed by atoms with Crippen molar-refractivity contribution >= 4 is 17.2 Å². The van der Waals surface area contributed by atoms with Gasteiger partial charge in [-0.2, -0.15) is 11.3 Å². The summed E-state index contributed by atoms with van der Waals surface area (Å²) in [5, 5.41) is 12.2. The first-order valence-electron chi connectivity index (χ1n) is 5.00. The molecule has 2 rings (SSSR count). The smallest absolute Gasteiger partial charge is 0.169 e. The van der Waals surface area contributed by atoms with Crippen LogP contribution >= 0.6 is 11.3 Å². The maximum Gasteiger partial charge on any atom is 0.169 e. The predicted octanol–water partition coefficient (Wildman–Crippen LogP) is 1.73. The topological polar surface area (TPSA) is 56.7 Å². The van der Waals surface area contributed by atoms with Crippen LogP contribution in [0.2, 0.25) is 0 Å². The van der Waals surface area contributed by atoms with Crippen LogP contribution in [0.1, 0.15) is 18.2 Å². The minimum atomic E-state index is 0.558. The molecule has 0 aliphatic heterocycles. The van der Waals surface area contributed by atoms with Gasteiger partial charge in [0.05, 0.1) is 5.69 Å². The number of nitrogen functional groups attached to an aromatic ring is 1. The zero-order valence-electron chi connectivity index (χ0n) is 8.68. The Morgan fingerprint density at radius 2 is 2.40 bits per heavy atom. The van der Waals surface area contributed by atoms with Gasteiger partial charge in [0.25, 0.3) is 0 Å². The fraction of sp³-hybridized carbons (Fsp3) is 0.400. The van der Waals surface area contributed by atoms with E-state index in [2.05, 4.69) is 34.1 Å². The Kier molecular flexibility index (Phi) is 3.01. The van der Waals surface area contributed by atoms with E-state index in [1.807, 2.05) is 4.68 Å². The molecule has 4 nitrogen and oxygen atoms in total. The number of thiophene rings is 1. The fourth-order valence-corrected chi connectivity index (χ4v) is 2.26. The second kappa shape index (κ2) is 4.44. The van der Waals surface area contributed by atoms with E-state index >= 15 is 0 Å². The fourth-order valence-electron chi connectivity index (χ4n) is 1.56. The molecule has 2 aromatic heterocycles. The molecule has 0 fully saturated rings. The van der Waals surface area contributed by atoms with Gasteiger partial charge in [0.15, 0.2) is 5.82 Å². The van der Waals surface area contributed by atoms with E-state index in [-0.39, 0.29) is 0 Å². The molecule has 15 heavy (non-hydrogen) atoms. The summed E-state index contributed by atoms with van der Waals surface area (Å²) in [4.78, 5) is 0. The monoisotopic (exact) mass is 222 g/mol. The molecule has 2 N–H and O–H groups in total. The highest BCUT2D eigenvalue weighted by Gasteiger charge is 2.07. The standard InChI is InChI=1S/C10H14N4S/c1-2-9-10(11)12-13-14(9)5-3-8-4-6-15-7-8/h4,6-7H,2-3,5,11H2,1H3. The van der Waals surface area contributed by atoms with Gasteiger partial charge in [0, 0.05) is 6.54 Å². The van der Waals surface area contributed by atoms with Gasteiger partial charge in [-0.25, -0.2) is 4.68 Å². The summed E-state index contributed by atoms with van der Waals surface area (Å²) in [6, 6.07) is 2.14. The average Bonchev–Trinajstić information content (AvgIpc) is 2.84. The molecule has 0 atom stereocenters. The van der Waals surface area contributed by atoms with Crippen molar-refractivity contribution in [2.24, 2.45) is 0 Å². The van der Waals surface area contributed by atoms with Crippen LogP contribution in [0.3, 0.4) is 0 Å². The maximum absolute atomic E-state index is 5.71. The Morgan fingerprint density at radius 3 is 3.07 bits per heavy atom. The SMILES string of the molecule is CCc1c(N)nnn1CCc1ccsc1. The van der Waals surface area contributed by atoms with E-state index in [0.717, 1.165) is 25.1 Å². The molecule has 0 saturated heterocycles. The lowest BCUT2D eigenvalue weighted by atomic mass is 10.2. The number of nitrogens with zero attached hydrogens (tertiary/aromatic N) is 3.